The number of nitrogens with zero attached hydrogens (tertiary/aromatic N) is 2. The molecule has 0 atom stereocenters. The van der Waals surface area contributed by atoms with E-state index in [0.29, 0.717) is 7.14 Å². The lowest BCUT2D eigenvalue weighted by molar-refractivity contribution is -0.119. The highest BCUT2D eigenvalue weighted by Crippen LogP contribution is 2.43. The van der Waals surface area contributed by atoms with Gasteiger partial charge in [0.2, 0.25) is 0 Å². The Morgan fingerprint density at radius 2 is 0.880 bits per heavy atom. The highest BCUT2D eigenvalue weighted by Gasteiger charge is 2.46. The van der Waals surface area contributed by atoms with Gasteiger partial charge < -0.3 is 0 Å². The summed E-state index contributed by atoms with van der Waals surface area (Å²) in [7, 11) is 0. The third-order valence-corrected chi connectivity index (χ3v) is 5.35. The summed E-state index contributed by atoms with van der Waals surface area (Å²) in [6, 6.07) is 10.0. The minimum Gasteiger partial charge on any atom is -0.207 e. The highest BCUT2D eigenvalue weighted by molar-refractivity contribution is 14.1. The standard InChI is InChI=1S/C14H8F6I2N2S/c15-13(16,17)23(11-5-1-9(21)2-6-11)25-24(14(18,19)20)12-7-3-10(22)4-8-12/h1-8H. The number of hydrogen-bond acceptors (Lipinski definition) is 3. The van der Waals surface area contributed by atoms with Gasteiger partial charge >= 0.3 is 12.6 Å². The minimum atomic E-state index is -5.01. The Balaban J connectivity index is 2.42. The molecule has 2 aromatic rings. The Morgan fingerprint density at radius 1 is 0.600 bits per heavy atom. The minimum absolute atomic E-state index is 0.325. The van der Waals surface area contributed by atoms with Crippen molar-refractivity contribution in [2.45, 2.75) is 12.6 Å². The van der Waals surface area contributed by atoms with Gasteiger partial charge in [-0.15, -0.1) is 26.3 Å². The van der Waals surface area contributed by atoms with Crippen LogP contribution in [0.25, 0.3) is 0 Å². The Hall–Kier alpha value is -0.570. The number of benzene rings is 2. The zero-order chi connectivity index (χ0) is 18.8. The summed E-state index contributed by atoms with van der Waals surface area (Å²) in [5.41, 5.74) is -0.810. The van der Waals surface area contributed by atoms with E-state index in [4.69, 9.17) is 0 Å². The van der Waals surface area contributed by atoms with Gasteiger partial charge in [0.15, 0.2) is 0 Å². The molecule has 2 nitrogen and oxygen atoms in total. The van der Waals surface area contributed by atoms with E-state index in [1.54, 1.807) is 0 Å². The van der Waals surface area contributed by atoms with Crippen LogP contribution < -0.4 is 8.61 Å². The Kier molecular flexibility index (Phi) is 6.62. The maximum Gasteiger partial charge on any atom is 0.496 e. The van der Waals surface area contributed by atoms with E-state index in [2.05, 4.69) is 0 Å². The predicted octanol–water partition coefficient (Wildman–Crippen LogP) is 6.81. The molecule has 0 heterocycles. The molecule has 0 amide bonds. The smallest absolute Gasteiger partial charge is 0.207 e. The van der Waals surface area contributed by atoms with Crippen molar-refractivity contribution in [2.75, 3.05) is 8.61 Å². The van der Waals surface area contributed by atoms with Crippen molar-refractivity contribution in [3.63, 3.8) is 0 Å². The van der Waals surface area contributed by atoms with Crippen molar-refractivity contribution >= 4 is 68.7 Å². The van der Waals surface area contributed by atoms with Crippen molar-refractivity contribution in [1.29, 1.82) is 0 Å². The van der Waals surface area contributed by atoms with Gasteiger partial charge in [0, 0.05) is 7.14 Å². The van der Waals surface area contributed by atoms with E-state index in [9.17, 15) is 26.3 Å². The van der Waals surface area contributed by atoms with E-state index in [1.807, 2.05) is 45.2 Å². The number of halogens is 8. The van der Waals surface area contributed by atoms with E-state index in [0.717, 1.165) is 24.3 Å². The summed E-state index contributed by atoms with van der Waals surface area (Å²) in [6.07, 6.45) is -10.0. The van der Waals surface area contributed by atoms with Gasteiger partial charge in [0.1, 0.15) is 0 Å². The van der Waals surface area contributed by atoms with Gasteiger partial charge in [0.05, 0.1) is 23.5 Å². The zero-order valence-electron chi connectivity index (χ0n) is 11.9. The Labute approximate surface area is 171 Å². The second-order valence-corrected chi connectivity index (χ2v) is 7.94. The molecule has 0 aliphatic heterocycles. The Morgan fingerprint density at radius 3 is 1.12 bits per heavy atom. The fourth-order valence-electron chi connectivity index (χ4n) is 1.71. The molecule has 2 rings (SSSR count). The van der Waals surface area contributed by atoms with E-state index >= 15 is 0 Å². The van der Waals surface area contributed by atoms with Crippen LogP contribution in [0.5, 0.6) is 0 Å². The molecular formula is C14H8F6I2N2S. The first-order valence-electron chi connectivity index (χ1n) is 6.41. The predicted molar refractivity (Wildman–Crippen MR) is 103 cm³/mol. The van der Waals surface area contributed by atoms with Crippen LogP contribution in [0.4, 0.5) is 37.7 Å². The average molecular weight is 604 g/mol. The summed E-state index contributed by atoms with van der Waals surface area (Å²) in [4.78, 5) is 0. The number of anilines is 2. The fourth-order valence-corrected chi connectivity index (χ4v) is 3.21. The van der Waals surface area contributed by atoms with Crippen molar-refractivity contribution in [3.8, 4) is 0 Å². The van der Waals surface area contributed by atoms with Crippen molar-refractivity contribution in [1.82, 2.24) is 0 Å². The molecule has 0 fully saturated rings. The molecule has 2 aromatic carbocycles. The van der Waals surface area contributed by atoms with Crippen LogP contribution in [0.1, 0.15) is 0 Å². The molecule has 136 valence electrons. The Bertz CT molecular complexity index is 642. The van der Waals surface area contributed by atoms with E-state index < -0.39 is 36.1 Å². The molecule has 0 aromatic heterocycles. The van der Waals surface area contributed by atoms with Crippen LogP contribution in [0.3, 0.4) is 0 Å². The highest BCUT2D eigenvalue weighted by atomic mass is 127. The normalized spacial score (nSPS) is 12.2. The fraction of sp³-hybridized carbons (Fsp3) is 0.143. The van der Waals surface area contributed by atoms with Crippen molar-refractivity contribution < 1.29 is 26.3 Å². The van der Waals surface area contributed by atoms with Gasteiger partial charge in [-0.25, -0.2) is 8.61 Å². The molecular weight excluding hydrogens is 596 g/mol. The second kappa shape index (κ2) is 7.98. The van der Waals surface area contributed by atoms with Crippen LogP contribution in [0.15, 0.2) is 48.5 Å². The van der Waals surface area contributed by atoms with Gasteiger partial charge in [-0.05, 0) is 93.7 Å². The molecule has 0 saturated carbocycles. The van der Waals surface area contributed by atoms with Crippen LogP contribution in [-0.4, -0.2) is 12.6 Å². The van der Waals surface area contributed by atoms with E-state index in [-0.39, 0.29) is 8.61 Å². The lowest BCUT2D eigenvalue weighted by atomic mass is 10.3. The largest absolute Gasteiger partial charge is 0.496 e. The molecule has 0 aliphatic carbocycles. The average Bonchev–Trinajstić information content (AvgIpc) is 2.48. The maximum absolute atomic E-state index is 13.3. The van der Waals surface area contributed by atoms with E-state index in [1.165, 1.54) is 24.3 Å². The summed E-state index contributed by atoms with van der Waals surface area (Å²) in [5, 5.41) is 0. The van der Waals surface area contributed by atoms with Gasteiger partial charge in [-0.2, -0.15) is 0 Å². The lowest BCUT2D eigenvalue weighted by Gasteiger charge is -2.33. The van der Waals surface area contributed by atoms with Crippen LogP contribution >= 0.6 is 57.3 Å². The van der Waals surface area contributed by atoms with Crippen LogP contribution in [0, 0.1) is 7.14 Å². The maximum atomic E-state index is 13.3. The van der Waals surface area contributed by atoms with Crippen molar-refractivity contribution in [3.05, 3.63) is 55.7 Å². The molecule has 0 bridgehead atoms. The molecule has 11 heteroatoms. The zero-order valence-corrected chi connectivity index (χ0v) is 17.1. The van der Waals surface area contributed by atoms with Gasteiger partial charge in [-0.1, -0.05) is 0 Å². The topological polar surface area (TPSA) is 6.48 Å². The SMILES string of the molecule is FC(F)(F)N(SN(c1ccc(I)cc1)C(F)(F)F)c1ccc(I)cc1. The molecule has 0 radical (unpaired) electrons. The number of alkyl halides is 6. The van der Waals surface area contributed by atoms with Crippen molar-refractivity contribution in [2.24, 2.45) is 0 Å². The summed E-state index contributed by atoms with van der Waals surface area (Å²) in [6.45, 7) is 0. The molecule has 0 unspecified atom stereocenters. The molecule has 0 N–H and O–H groups in total. The van der Waals surface area contributed by atoms with Gasteiger partial charge in [-0.3, -0.25) is 0 Å². The monoisotopic (exact) mass is 604 g/mol. The summed E-state index contributed by atoms with van der Waals surface area (Å²) < 4.78 is 80.7. The third-order valence-electron chi connectivity index (χ3n) is 2.75. The first-order valence-corrected chi connectivity index (χ1v) is 9.30. The molecule has 0 spiro atoms. The quantitative estimate of drug-likeness (QED) is 0.164. The van der Waals surface area contributed by atoms with Crippen LogP contribution in [0.2, 0.25) is 0 Å². The molecule has 25 heavy (non-hydrogen) atoms. The third kappa shape index (κ3) is 5.70. The van der Waals surface area contributed by atoms with Gasteiger partial charge in [0.25, 0.3) is 0 Å². The summed E-state index contributed by atoms with van der Waals surface area (Å²) >= 11 is 3.32. The summed E-state index contributed by atoms with van der Waals surface area (Å²) in [5.74, 6) is 0. The number of hydrogen-bond donors (Lipinski definition) is 0. The molecule has 0 saturated heterocycles. The lowest BCUT2D eigenvalue weighted by Crippen LogP contribution is -2.41. The first-order chi connectivity index (χ1) is 11.5. The second-order valence-electron chi connectivity index (χ2n) is 4.56. The van der Waals surface area contributed by atoms with Crippen LogP contribution in [-0.2, 0) is 0 Å². The molecule has 0 aliphatic rings. The first kappa shape index (κ1) is 20.7. The number of rotatable bonds is 4.